The third-order valence-corrected chi connectivity index (χ3v) is 3.63. The van der Waals surface area contributed by atoms with E-state index in [-0.39, 0.29) is 12.6 Å². The monoisotopic (exact) mass is 235 g/mol. The van der Waals surface area contributed by atoms with Crippen molar-refractivity contribution < 1.29 is 5.11 Å². The maximum absolute atomic E-state index is 9.38. The third-order valence-electron chi connectivity index (χ3n) is 3.63. The molecule has 0 radical (unpaired) electrons. The Balaban J connectivity index is 1.95. The Bertz CT molecular complexity index is 331. The molecule has 3 atom stereocenters. The van der Waals surface area contributed by atoms with Crippen LogP contribution >= 0.6 is 0 Å². The molecule has 0 saturated heterocycles. The van der Waals surface area contributed by atoms with E-state index in [2.05, 4.69) is 22.2 Å². The predicted molar refractivity (Wildman–Crippen MR) is 66.4 cm³/mol. The Labute approximate surface area is 102 Å². The van der Waals surface area contributed by atoms with Crippen LogP contribution in [0.5, 0.6) is 0 Å². The van der Waals surface area contributed by atoms with Crippen LogP contribution in [0.25, 0.3) is 0 Å². The van der Waals surface area contributed by atoms with Gasteiger partial charge in [0, 0.05) is 37.3 Å². The number of aliphatic hydroxyl groups excluding tert-OH is 1. The number of aromatic nitrogens is 2. The first-order valence-corrected chi connectivity index (χ1v) is 6.44. The van der Waals surface area contributed by atoms with Crippen molar-refractivity contribution in [2.75, 3.05) is 6.61 Å². The summed E-state index contributed by atoms with van der Waals surface area (Å²) < 4.78 is 0. The summed E-state index contributed by atoms with van der Waals surface area (Å²) in [6.45, 7) is 2.39. The SMILES string of the molecule is CC(NC1CCCCC1CO)c1cnccn1. The average molecular weight is 235 g/mol. The molecule has 1 fully saturated rings. The van der Waals surface area contributed by atoms with E-state index in [9.17, 15) is 5.11 Å². The van der Waals surface area contributed by atoms with Crippen LogP contribution in [0, 0.1) is 5.92 Å². The van der Waals surface area contributed by atoms with Crippen molar-refractivity contribution in [1.82, 2.24) is 15.3 Å². The van der Waals surface area contributed by atoms with E-state index in [0.29, 0.717) is 12.0 Å². The van der Waals surface area contributed by atoms with Gasteiger partial charge in [-0.25, -0.2) is 0 Å². The van der Waals surface area contributed by atoms with Crippen LogP contribution in [0.1, 0.15) is 44.3 Å². The highest BCUT2D eigenvalue weighted by Crippen LogP contribution is 2.25. The Morgan fingerprint density at radius 3 is 2.94 bits per heavy atom. The van der Waals surface area contributed by atoms with Crippen LogP contribution < -0.4 is 5.32 Å². The van der Waals surface area contributed by atoms with E-state index in [0.717, 1.165) is 18.5 Å². The highest BCUT2D eigenvalue weighted by molar-refractivity contribution is 5.01. The molecule has 1 heterocycles. The van der Waals surface area contributed by atoms with Crippen LogP contribution in [0.2, 0.25) is 0 Å². The average Bonchev–Trinajstić information content (AvgIpc) is 2.40. The first-order valence-electron chi connectivity index (χ1n) is 6.44. The fourth-order valence-electron chi connectivity index (χ4n) is 2.59. The van der Waals surface area contributed by atoms with Gasteiger partial charge in [-0.3, -0.25) is 9.97 Å². The molecule has 0 spiro atoms. The first-order chi connectivity index (χ1) is 8.31. The van der Waals surface area contributed by atoms with Crippen molar-refractivity contribution in [1.29, 1.82) is 0 Å². The van der Waals surface area contributed by atoms with Crippen LogP contribution in [0.3, 0.4) is 0 Å². The minimum atomic E-state index is 0.195. The van der Waals surface area contributed by atoms with E-state index in [1.54, 1.807) is 18.6 Å². The second-order valence-electron chi connectivity index (χ2n) is 4.85. The summed E-state index contributed by atoms with van der Waals surface area (Å²) in [4.78, 5) is 8.39. The first kappa shape index (κ1) is 12.5. The minimum absolute atomic E-state index is 0.195. The Hall–Kier alpha value is -1.00. The molecular weight excluding hydrogens is 214 g/mol. The van der Waals surface area contributed by atoms with E-state index >= 15 is 0 Å². The Kier molecular flexibility index (Phi) is 4.45. The zero-order valence-electron chi connectivity index (χ0n) is 10.3. The molecule has 2 rings (SSSR count). The number of nitrogens with one attached hydrogen (secondary N) is 1. The molecule has 1 saturated carbocycles. The summed E-state index contributed by atoms with van der Waals surface area (Å²) in [5.74, 6) is 0.392. The van der Waals surface area contributed by atoms with Gasteiger partial charge in [-0.15, -0.1) is 0 Å². The fraction of sp³-hybridized carbons (Fsp3) is 0.692. The molecule has 94 valence electrons. The molecule has 4 nitrogen and oxygen atoms in total. The summed E-state index contributed by atoms with van der Waals surface area (Å²) >= 11 is 0. The minimum Gasteiger partial charge on any atom is -0.396 e. The van der Waals surface area contributed by atoms with Gasteiger partial charge in [0.05, 0.1) is 5.69 Å². The van der Waals surface area contributed by atoms with Gasteiger partial charge in [-0.05, 0) is 25.7 Å². The largest absolute Gasteiger partial charge is 0.396 e. The number of rotatable bonds is 4. The summed E-state index contributed by atoms with van der Waals surface area (Å²) in [6, 6.07) is 0.603. The third kappa shape index (κ3) is 3.23. The molecule has 3 unspecified atom stereocenters. The number of nitrogens with zero attached hydrogens (tertiary/aromatic N) is 2. The van der Waals surface area contributed by atoms with Gasteiger partial charge in [-0.1, -0.05) is 12.8 Å². The summed E-state index contributed by atoms with van der Waals surface area (Å²) in [6.07, 6.45) is 9.97. The lowest BCUT2D eigenvalue weighted by Gasteiger charge is -2.33. The number of aliphatic hydroxyl groups is 1. The standard InChI is InChI=1S/C13H21N3O/c1-10(13-8-14-6-7-15-13)16-12-5-3-2-4-11(12)9-17/h6-8,10-12,16-17H,2-5,9H2,1H3. The smallest absolute Gasteiger partial charge is 0.0753 e. The number of hydrogen-bond acceptors (Lipinski definition) is 4. The van der Waals surface area contributed by atoms with E-state index < -0.39 is 0 Å². The quantitative estimate of drug-likeness (QED) is 0.833. The molecule has 1 aromatic heterocycles. The fourth-order valence-corrected chi connectivity index (χ4v) is 2.59. The molecule has 4 heteroatoms. The molecule has 1 aliphatic carbocycles. The molecule has 2 N–H and O–H groups in total. The molecule has 0 aliphatic heterocycles. The molecule has 17 heavy (non-hydrogen) atoms. The van der Waals surface area contributed by atoms with Crippen molar-refractivity contribution in [3.05, 3.63) is 24.3 Å². The lowest BCUT2D eigenvalue weighted by molar-refractivity contribution is 0.147. The normalized spacial score (nSPS) is 26.7. The van der Waals surface area contributed by atoms with Crippen LogP contribution in [0.4, 0.5) is 0 Å². The topological polar surface area (TPSA) is 58.0 Å². The van der Waals surface area contributed by atoms with Gasteiger partial charge < -0.3 is 10.4 Å². The summed E-state index contributed by atoms with van der Waals surface area (Å²) in [5.41, 5.74) is 0.967. The molecule has 1 aromatic rings. The molecule has 1 aliphatic rings. The lowest BCUT2D eigenvalue weighted by atomic mass is 9.84. The second-order valence-corrected chi connectivity index (χ2v) is 4.85. The lowest BCUT2D eigenvalue weighted by Crippen LogP contribution is -2.41. The highest BCUT2D eigenvalue weighted by Gasteiger charge is 2.25. The maximum Gasteiger partial charge on any atom is 0.0753 e. The van der Waals surface area contributed by atoms with Crippen molar-refractivity contribution in [2.24, 2.45) is 5.92 Å². The zero-order chi connectivity index (χ0) is 12.1. The molecule has 0 bridgehead atoms. The maximum atomic E-state index is 9.38. The van der Waals surface area contributed by atoms with Gasteiger partial charge in [0.1, 0.15) is 0 Å². The number of hydrogen-bond donors (Lipinski definition) is 2. The van der Waals surface area contributed by atoms with E-state index in [1.165, 1.54) is 12.8 Å². The van der Waals surface area contributed by atoms with Crippen molar-refractivity contribution in [3.8, 4) is 0 Å². The predicted octanol–water partition coefficient (Wildman–Crippen LogP) is 1.68. The zero-order valence-corrected chi connectivity index (χ0v) is 10.3. The summed E-state index contributed by atoms with van der Waals surface area (Å²) in [7, 11) is 0. The van der Waals surface area contributed by atoms with Gasteiger partial charge in [0.2, 0.25) is 0 Å². The highest BCUT2D eigenvalue weighted by atomic mass is 16.3. The van der Waals surface area contributed by atoms with E-state index in [1.807, 2.05) is 0 Å². The van der Waals surface area contributed by atoms with Crippen molar-refractivity contribution in [3.63, 3.8) is 0 Å². The summed E-state index contributed by atoms with van der Waals surface area (Å²) in [5, 5.41) is 13.0. The van der Waals surface area contributed by atoms with Gasteiger partial charge in [0.25, 0.3) is 0 Å². The molecule has 0 amide bonds. The second kappa shape index (κ2) is 6.07. The van der Waals surface area contributed by atoms with Gasteiger partial charge >= 0.3 is 0 Å². The Morgan fingerprint density at radius 2 is 2.24 bits per heavy atom. The van der Waals surface area contributed by atoms with Crippen LogP contribution in [-0.4, -0.2) is 27.7 Å². The van der Waals surface area contributed by atoms with Crippen LogP contribution in [0.15, 0.2) is 18.6 Å². The van der Waals surface area contributed by atoms with Crippen molar-refractivity contribution in [2.45, 2.75) is 44.7 Å². The molecule has 0 aromatic carbocycles. The Morgan fingerprint density at radius 1 is 1.41 bits per heavy atom. The van der Waals surface area contributed by atoms with Crippen molar-refractivity contribution >= 4 is 0 Å². The van der Waals surface area contributed by atoms with Gasteiger partial charge in [0.15, 0.2) is 0 Å². The van der Waals surface area contributed by atoms with Crippen LogP contribution in [-0.2, 0) is 0 Å². The van der Waals surface area contributed by atoms with Gasteiger partial charge in [-0.2, -0.15) is 0 Å². The molecular formula is C13H21N3O. The van der Waals surface area contributed by atoms with E-state index in [4.69, 9.17) is 0 Å².